The Balaban J connectivity index is 2.62. The zero-order chi connectivity index (χ0) is 8.54. The van der Waals surface area contributed by atoms with Gasteiger partial charge in [0.25, 0.3) is 0 Å². The maximum Gasteiger partial charge on any atom is 0.150 e. The van der Waals surface area contributed by atoms with Crippen molar-refractivity contribution in [1.29, 1.82) is 0 Å². The second kappa shape index (κ2) is 2.73. The van der Waals surface area contributed by atoms with Crippen molar-refractivity contribution in [3.05, 3.63) is 0 Å². The van der Waals surface area contributed by atoms with E-state index in [2.05, 4.69) is 0 Å². The van der Waals surface area contributed by atoms with Crippen LogP contribution in [0.2, 0.25) is 0 Å². The highest BCUT2D eigenvalue weighted by atomic mass is 32.2. The summed E-state index contributed by atoms with van der Waals surface area (Å²) in [4.78, 5) is 0. The van der Waals surface area contributed by atoms with Crippen LogP contribution < -0.4 is 0 Å². The minimum atomic E-state index is -2.90. The molecule has 1 aliphatic heterocycles. The molecule has 0 aliphatic carbocycles. The van der Waals surface area contributed by atoms with Gasteiger partial charge in [-0.2, -0.15) is 0 Å². The second-order valence-corrected chi connectivity index (χ2v) is 5.46. The first-order valence-electron chi connectivity index (χ1n) is 3.87. The van der Waals surface area contributed by atoms with Crippen LogP contribution in [0.5, 0.6) is 0 Å². The molecule has 1 aliphatic rings. The third-order valence-electron chi connectivity index (χ3n) is 2.36. The van der Waals surface area contributed by atoms with E-state index in [0.29, 0.717) is 6.42 Å². The molecule has 4 heteroatoms. The largest absolute Gasteiger partial charge is 0.244 e. The van der Waals surface area contributed by atoms with Gasteiger partial charge in [-0.3, -0.25) is 0 Å². The average molecular weight is 180 g/mol. The third kappa shape index (κ3) is 2.15. The summed E-state index contributed by atoms with van der Waals surface area (Å²) in [5.74, 6) is 0.0503. The molecule has 0 aromatic heterocycles. The Morgan fingerprint density at radius 1 is 1.36 bits per heavy atom. The van der Waals surface area contributed by atoms with Crippen molar-refractivity contribution in [2.45, 2.75) is 31.9 Å². The van der Waals surface area contributed by atoms with Crippen molar-refractivity contribution < 1.29 is 12.8 Å². The number of rotatable bonds is 1. The smallest absolute Gasteiger partial charge is 0.150 e. The van der Waals surface area contributed by atoms with E-state index in [1.54, 1.807) is 6.92 Å². The van der Waals surface area contributed by atoms with Crippen LogP contribution >= 0.6 is 0 Å². The quantitative estimate of drug-likeness (QED) is 0.609. The summed E-state index contributed by atoms with van der Waals surface area (Å²) in [5, 5.41) is 0. The molecule has 0 aromatic carbocycles. The number of alkyl halides is 1. The summed E-state index contributed by atoms with van der Waals surface area (Å²) in [7, 11) is -2.90. The van der Waals surface area contributed by atoms with Crippen molar-refractivity contribution in [2.24, 2.45) is 0 Å². The van der Waals surface area contributed by atoms with Crippen LogP contribution in [-0.2, 0) is 9.84 Å². The number of hydrogen-bond acceptors (Lipinski definition) is 2. The molecular formula is C7H13FO2S. The van der Waals surface area contributed by atoms with Crippen molar-refractivity contribution in [1.82, 2.24) is 0 Å². The molecule has 0 radical (unpaired) electrons. The lowest BCUT2D eigenvalue weighted by molar-refractivity contribution is 0.141. The first-order valence-corrected chi connectivity index (χ1v) is 5.69. The van der Waals surface area contributed by atoms with Gasteiger partial charge in [-0.25, -0.2) is 12.8 Å². The van der Waals surface area contributed by atoms with E-state index in [1.165, 1.54) is 0 Å². The Bertz CT molecular complexity index is 219. The van der Waals surface area contributed by atoms with Crippen LogP contribution in [0.4, 0.5) is 4.39 Å². The fourth-order valence-electron chi connectivity index (χ4n) is 1.26. The summed E-state index contributed by atoms with van der Waals surface area (Å²) < 4.78 is 35.2. The van der Waals surface area contributed by atoms with Gasteiger partial charge >= 0.3 is 0 Å². The van der Waals surface area contributed by atoms with E-state index in [4.69, 9.17) is 0 Å². The molecular weight excluding hydrogens is 167 g/mol. The molecule has 0 saturated carbocycles. The molecule has 1 rings (SSSR count). The first kappa shape index (κ1) is 8.97. The van der Waals surface area contributed by atoms with Gasteiger partial charge < -0.3 is 0 Å². The normalized spacial score (nSPS) is 28.2. The van der Waals surface area contributed by atoms with Crippen molar-refractivity contribution in [2.75, 3.05) is 11.5 Å². The molecule has 0 N–H and O–H groups in total. The summed E-state index contributed by atoms with van der Waals surface area (Å²) in [6, 6.07) is 0. The number of sulfone groups is 1. The Labute approximate surface area is 66.7 Å². The Hall–Kier alpha value is -0.120. The van der Waals surface area contributed by atoms with Crippen LogP contribution in [0, 0.1) is 0 Å². The molecule has 2 nitrogen and oxygen atoms in total. The lowest BCUT2D eigenvalue weighted by atomic mass is 9.96. The molecule has 66 valence electrons. The maximum atomic E-state index is 13.4. The van der Waals surface area contributed by atoms with Crippen LogP contribution in [0.1, 0.15) is 26.2 Å². The van der Waals surface area contributed by atoms with Gasteiger partial charge in [0.05, 0.1) is 11.5 Å². The highest BCUT2D eigenvalue weighted by molar-refractivity contribution is 7.91. The number of halogens is 1. The molecule has 0 amide bonds. The second-order valence-electron chi connectivity index (χ2n) is 3.16. The van der Waals surface area contributed by atoms with Crippen molar-refractivity contribution in [3.63, 3.8) is 0 Å². The van der Waals surface area contributed by atoms with Gasteiger partial charge in [0.1, 0.15) is 5.67 Å². The third-order valence-corrected chi connectivity index (χ3v) is 4.01. The fourth-order valence-corrected chi connectivity index (χ4v) is 2.82. The summed E-state index contributed by atoms with van der Waals surface area (Å²) in [6.45, 7) is 1.76. The molecule has 0 unspecified atom stereocenters. The monoisotopic (exact) mass is 180 g/mol. The zero-order valence-corrected chi connectivity index (χ0v) is 7.45. The predicted molar refractivity (Wildman–Crippen MR) is 42.0 cm³/mol. The number of hydrogen-bond donors (Lipinski definition) is 0. The summed E-state index contributed by atoms with van der Waals surface area (Å²) in [6.07, 6.45) is 0.806. The molecule has 0 bridgehead atoms. The molecule has 0 aromatic rings. The Kier molecular flexibility index (Phi) is 2.23. The minimum Gasteiger partial charge on any atom is -0.244 e. The summed E-state index contributed by atoms with van der Waals surface area (Å²) >= 11 is 0. The maximum absolute atomic E-state index is 13.4. The highest BCUT2D eigenvalue weighted by Crippen LogP contribution is 2.30. The van der Waals surface area contributed by atoms with E-state index in [-0.39, 0.29) is 24.3 Å². The lowest BCUT2D eigenvalue weighted by Crippen LogP contribution is -2.34. The van der Waals surface area contributed by atoms with E-state index in [9.17, 15) is 12.8 Å². The Morgan fingerprint density at radius 3 is 2.18 bits per heavy atom. The van der Waals surface area contributed by atoms with Crippen molar-refractivity contribution in [3.8, 4) is 0 Å². The van der Waals surface area contributed by atoms with Crippen LogP contribution in [0.3, 0.4) is 0 Å². The van der Waals surface area contributed by atoms with Gasteiger partial charge in [-0.05, 0) is 19.3 Å². The molecule has 0 atom stereocenters. The predicted octanol–water partition coefficient (Wildman–Crippen LogP) is 1.31. The average Bonchev–Trinajstić information content (AvgIpc) is 1.97. The van der Waals surface area contributed by atoms with Gasteiger partial charge in [0, 0.05) is 0 Å². The van der Waals surface area contributed by atoms with Gasteiger partial charge in [0.15, 0.2) is 9.84 Å². The Morgan fingerprint density at radius 2 is 1.82 bits per heavy atom. The van der Waals surface area contributed by atoms with E-state index in [1.807, 2.05) is 0 Å². The molecule has 1 heterocycles. The van der Waals surface area contributed by atoms with E-state index >= 15 is 0 Å². The van der Waals surface area contributed by atoms with Gasteiger partial charge in [-0.15, -0.1) is 0 Å². The molecule has 1 saturated heterocycles. The molecule has 1 fully saturated rings. The fraction of sp³-hybridized carbons (Fsp3) is 1.00. The molecule has 11 heavy (non-hydrogen) atoms. The standard InChI is InChI=1S/C7H13FO2S/c1-2-7(8)3-5-11(9,10)6-4-7/h2-6H2,1H3. The highest BCUT2D eigenvalue weighted by Gasteiger charge is 2.35. The summed E-state index contributed by atoms with van der Waals surface area (Å²) in [5.41, 5.74) is -1.20. The van der Waals surface area contributed by atoms with E-state index < -0.39 is 15.5 Å². The first-order chi connectivity index (χ1) is 4.97. The van der Waals surface area contributed by atoms with Crippen LogP contribution in [-0.4, -0.2) is 25.6 Å². The lowest BCUT2D eigenvalue weighted by Gasteiger charge is -2.27. The minimum absolute atomic E-state index is 0.0251. The van der Waals surface area contributed by atoms with Crippen molar-refractivity contribution >= 4 is 9.84 Å². The topological polar surface area (TPSA) is 34.1 Å². The molecule has 0 spiro atoms. The van der Waals surface area contributed by atoms with E-state index in [0.717, 1.165) is 0 Å². The van der Waals surface area contributed by atoms with Gasteiger partial charge in [0.2, 0.25) is 0 Å². The van der Waals surface area contributed by atoms with Crippen LogP contribution in [0.15, 0.2) is 0 Å². The zero-order valence-electron chi connectivity index (χ0n) is 6.64. The van der Waals surface area contributed by atoms with Crippen LogP contribution in [0.25, 0.3) is 0 Å². The SMILES string of the molecule is CCC1(F)CCS(=O)(=O)CC1. The van der Waals surface area contributed by atoms with Gasteiger partial charge in [-0.1, -0.05) is 6.92 Å².